The van der Waals surface area contributed by atoms with Crippen molar-refractivity contribution in [2.45, 2.75) is 18.3 Å². The Morgan fingerprint density at radius 3 is 2.04 bits per heavy atom. The van der Waals surface area contributed by atoms with Crippen LogP contribution in [-0.4, -0.2) is 36.6 Å². The van der Waals surface area contributed by atoms with Gasteiger partial charge in [-0.15, -0.1) is 0 Å². The quantitative estimate of drug-likeness (QED) is 0.531. The van der Waals surface area contributed by atoms with Gasteiger partial charge in [-0.2, -0.15) is 8.42 Å². The van der Waals surface area contributed by atoms with E-state index in [9.17, 15) is 22.6 Å². The summed E-state index contributed by atoms with van der Waals surface area (Å²) in [6.07, 6.45) is -0.204. The third kappa shape index (κ3) is 6.30. The van der Waals surface area contributed by atoms with Gasteiger partial charge in [0.25, 0.3) is 10.1 Å². The zero-order valence-corrected chi connectivity index (χ0v) is 14.7. The maximum absolute atomic E-state index is 12.1. The van der Waals surface area contributed by atoms with Crippen LogP contribution in [0.5, 0.6) is 0 Å². The largest absolute Gasteiger partial charge is 0.460 e. The van der Waals surface area contributed by atoms with Crippen LogP contribution in [0.4, 0.5) is 0 Å². The van der Waals surface area contributed by atoms with Crippen LogP contribution in [0.3, 0.4) is 0 Å². The van der Waals surface area contributed by atoms with E-state index in [2.05, 4.69) is 5.32 Å². The van der Waals surface area contributed by atoms with Gasteiger partial charge in [0.05, 0.1) is 0 Å². The van der Waals surface area contributed by atoms with Gasteiger partial charge in [0, 0.05) is 6.42 Å². The Kier molecular flexibility index (Phi) is 6.88. The third-order valence-electron chi connectivity index (χ3n) is 3.57. The summed E-state index contributed by atoms with van der Waals surface area (Å²) in [4.78, 5) is 23.8. The summed E-state index contributed by atoms with van der Waals surface area (Å²) in [5.41, 5.74) is 1.35. The lowest BCUT2D eigenvalue weighted by Gasteiger charge is -2.14. The van der Waals surface area contributed by atoms with Crippen molar-refractivity contribution in [1.82, 2.24) is 5.32 Å². The van der Waals surface area contributed by atoms with Crippen molar-refractivity contribution in [1.29, 1.82) is 0 Å². The highest BCUT2D eigenvalue weighted by molar-refractivity contribution is 7.87. The summed E-state index contributed by atoms with van der Waals surface area (Å²) >= 11 is 0. The zero-order valence-electron chi connectivity index (χ0n) is 13.9. The highest BCUT2D eigenvalue weighted by Gasteiger charge is 2.31. The van der Waals surface area contributed by atoms with Crippen LogP contribution in [-0.2, 0) is 37.5 Å². The average Bonchev–Trinajstić information content (AvgIpc) is 2.63. The Labute approximate surface area is 151 Å². The molecule has 2 N–H and O–H groups in total. The van der Waals surface area contributed by atoms with E-state index in [0.29, 0.717) is 5.56 Å². The van der Waals surface area contributed by atoms with E-state index >= 15 is 0 Å². The third-order valence-corrected chi connectivity index (χ3v) is 4.67. The maximum Gasteiger partial charge on any atom is 0.325 e. The Morgan fingerprint density at radius 2 is 1.50 bits per heavy atom. The Balaban J connectivity index is 1.89. The molecule has 138 valence electrons. The summed E-state index contributed by atoms with van der Waals surface area (Å²) < 4.78 is 37.3. The van der Waals surface area contributed by atoms with Gasteiger partial charge in [-0.3, -0.25) is 14.1 Å². The molecule has 1 amide bonds. The van der Waals surface area contributed by atoms with Gasteiger partial charge >= 0.3 is 5.97 Å². The number of carbonyl (C=O) groups excluding carboxylic acids is 2. The first-order valence-electron chi connectivity index (χ1n) is 7.84. The van der Waals surface area contributed by atoms with E-state index in [-0.39, 0.29) is 13.0 Å². The summed E-state index contributed by atoms with van der Waals surface area (Å²) in [5, 5.41) is 0.491. The van der Waals surface area contributed by atoms with E-state index < -0.39 is 33.8 Å². The molecule has 0 radical (unpaired) electrons. The summed E-state index contributed by atoms with van der Waals surface area (Å²) in [7, 11) is -4.63. The van der Waals surface area contributed by atoms with Crippen molar-refractivity contribution in [3.05, 3.63) is 71.8 Å². The van der Waals surface area contributed by atoms with Crippen LogP contribution in [0.2, 0.25) is 0 Å². The van der Waals surface area contributed by atoms with Crippen LogP contribution in [0.1, 0.15) is 11.1 Å². The molecule has 1 atom stereocenters. The summed E-state index contributed by atoms with van der Waals surface area (Å²) in [6, 6.07) is 17.4. The van der Waals surface area contributed by atoms with Gasteiger partial charge in [0.1, 0.15) is 13.2 Å². The molecule has 8 heteroatoms. The molecule has 0 saturated heterocycles. The molecular weight excluding hydrogens is 358 g/mol. The van der Waals surface area contributed by atoms with Crippen molar-refractivity contribution in [3.63, 3.8) is 0 Å². The van der Waals surface area contributed by atoms with E-state index in [0.717, 1.165) is 5.56 Å². The first-order chi connectivity index (χ1) is 12.4. The van der Waals surface area contributed by atoms with Crippen molar-refractivity contribution in [3.8, 4) is 0 Å². The maximum atomic E-state index is 12.1. The standard InChI is InChI=1S/C18H19NO6S/c20-17(25-13-15-9-5-2-6-10-15)12-19-18(21)16(26(22,23)24)11-14-7-3-1-4-8-14/h1-10,16H,11-13H2,(H,19,21)(H,22,23,24). The van der Waals surface area contributed by atoms with Crippen LogP contribution in [0.15, 0.2) is 60.7 Å². The molecular formula is C18H19NO6S. The Hall–Kier alpha value is -2.71. The first kappa shape index (κ1) is 19.6. The number of hydrogen-bond acceptors (Lipinski definition) is 5. The topological polar surface area (TPSA) is 110 Å². The molecule has 26 heavy (non-hydrogen) atoms. The first-order valence-corrected chi connectivity index (χ1v) is 9.34. The van der Waals surface area contributed by atoms with Gasteiger partial charge in [-0.05, 0) is 11.1 Å². The number of amides is 1. The lowest BCUT2D eigenvalue weighted by atomic mass is 10.1. The zero-order chi connectivity index (χ0) is 19.0. The van der Waals surface area contributed by atoms with E-state index in [4.69, 9.17) is 4.74 Å². The second kappa shape index (κ2) is 9.12. The Morgan fingerprint density at radius 1 is 0.962 bits per heavy atom. The van der Waals surface area contributed by atoms with E-state index in [1.807, 2.05) is 6.07 Å². The molecule has 0 aromatic heterocycles. The molecule has 0 fully saturated rings. The number of rotatable bonds is 8. The van der Waals surface area contributed by atoms with Crippen molar-refractivity contribution in [2.75, 3.05) is 6.54 Å². The minimum atomic E-state index is -4.63. The fourth-order valence-electron chi connectivity index (χ4n) is 2.22. The van der Waals surface area contributed by atoms with Gasteiger partial charge in [0.15, 0.2) is 5.25 Å². The predicted octanol–water partition coefficient (Wildman–Crippen LogP) is 1.35. The van der Waals surface area contributed by atoms with Gasteiger partial charge < -0.3 is 10.1 Å². The highest BCUT2D eigenvalue weighted by Crippen LogP contribution is 2.10. The lowest BCUT2D eigenvalue weighted by molar-refractivity contribution is -0.145. The van der Waals surface area contributed by atoms with Crippen molar-refractivity contribution in [2.24, 2.45) is 0 Å². The number of nitrogens with one attached hydrogen (secondary N) is 1. The number of benzene rings is 2. The predicted molar refractivity (Wildman–Crippen MR) is 94.7 cm³/mol. The highest BCUT2D eigenvalue weighted by atomic mass is 32.2. The second-order valence-corrected chi connectivity index (χ2v) is 7.16. The van der Waals surface area contributed by atoms with Crippen LogP contribution in [0, 0.1) is 0 Å². The van der Waals surface area contributed by atoms with Crippen LogP contribution >= 0.6 is 0 Å². The molecule has 0 aliphatic rings. The molecule has 0 aliphatic heterocycles. The van der Waals surface area contributed by atoms with Gasteiger partial charge in [-0.1, -0.05) is 60.7 Å². The SMILES string of the molecule is O=C(CNC(=O)C(Cc1ccccc1)S(=O)(=O)O)OCc1ccccc1. The van der Waals surface area contributed by atoms with Crippen LogP contribution < -0.4 is 5.32 Å². The van der Waals surface area contributed by atoms with Crippen LogP contribution in [0.25, 0.3) is 0 Å². The monoisotopic (exact) mass is 377 g/mol. The van der Waals surface area contributed by atoms with Gasteiger partial charge in [-0.25, -0.2) is 0 Å². The number of carbonyl (C=O) groups is 2. The smallest absolute Gasteiger partial charge is 0.325 e. The number of hydrogen-bond donors (Lipinski definition) is 2. The molecule has 0 heterocycles. The molecule has 1 unspecified atom stereocenters. The summed E-state index contributed by atoms with van der Waals surface area (Å²) in [5.74, 6) is -1.68. The molecule has 2 rings (SSSR count). The average molecular weight is 377 g/mol. The summed E-state index contributed by atoms with van der Waals surface area (Å²) in [6.45, 7) is -0.451. The molecule has 0 bridgehead atoms. The molecule has 7 nitrogen and oxygen atoms in total. The normalized spacial score (nSPS) is 12.2. The van der Waals surface area contributed by atoms with Crippen molar-refractivity contribution >= 4 is 22.0 Å². The van der Waals surface area contributed by atoms with E-state index in [1.165, 1.54) is 0 Å². The molecule has 2 aromatic rings. The second-order valence-electron chi connectivity index (χ2n) is 5.56. The van der Waals surface area contributed by atoms with E-state index in [1.54, 1.807) is 54.6 Å². The Bertz CT molecular complexity index is 836. The molecule has 0 saturated carbocycles. The number of ether oxygens (including phenoxy) is 1. The fourth-order valence-corrected chi connectivity index (χ4v) is 2.98. The molecule has 2 aromatic carbocycles. The minimum Gasteiger partial charge on any atom is -0.460 e. The molecule has 0 spiro atoms. The molecule has 0 aliphatic carbocycles. The van der Waals surface area contributed by atoms with Crippen molar-refractivity contribution < 1.29 is 27.3 Å². The number of esters is 1. The minimum absolute atomic E-state index is 0.0429. The fraction of sp³-hybridized carbons (Fsp3) is 0.222. The lowest BCUT2D eigenvalue weighted by Crippen LogP contribution is -2.43. The van der Waals surface area contributed by atoms with Gasteiger partial charge in [0.2, 0.25) is 5.91 Å².